The second kappa shape index (κ2) is 43.1. The van der Waals surface area contributed by atoms with Crippen LogP contribution < -0.4 is 5.32 Å². The Bertz CT molecular complexity index is 1460. The van der Waals surface area contributed by atoms with Crippen LogP contribution >= 0.6 is 0 Å². The maximum absolute atomic E-state index is 11.2. The van der Waals surface area contributed by atoms with Gasteiger partial charge in [0.05, 0.1) is 13.1 Å². The van der Waals surface area contributed by atoms with E-state index in [0.29, 0.717) is 18.8 Å². The highest BCUT2D eigenvalue weighted by molar-refractivity contribution is 6.60. The third-order valence-corrected chi connectivity index (χ3v) is 12.3. The quantitative estimate of drug-likeness (QED) is 0.0164. The highest BCUT2D eigenvalue weighted by Crippen LogP contribution is 2.15. The average molecular weight is 955 g/mol. The van der Waals surface area contributed by atoms with Crippen LogP contribution in [0.3, 0.4) is 0 Å². The Kier molecular flexibility index (Phi) is 45.8. The number of carbonyl (C=O) groups is 5. The number of ether oxygens (including phenoxy) is 7. The number of amides is 1. The number of esters is 4. The number of methoxy groups -OCH3 is 2. The number of nitrogens with zero attached hydrogens (tertiary/aromatic N) is 1. The Labute approximate surface area is 379 Å². The maximum Gasteiger partial charge on any atom is 0.500 e. The van der Waals surface area contributed by atoms with E-state index in [2.05, 4.69) is 68.7 Å². The van der Waals surface area contributed by atoms with Gasteiger partial charge in [-0.15, -0.1) is 0 Å². The molecule has 22 nitrogen and oxygen atoms in total. The molecular weight excluding hydrogens is 885 g/mol. The topological polar surface area (TPSA) is 267 Å². The molecule has 0 heterocycles. The van der Waals surface area contributed by atoms with Gasteiger partial charge in [-0.1, -0.05) is 26.3 Å². The Balaban J connectivity index is -0.000000234. The number of aliphatic hydroxyl groups excluding tert-OH is 1. The Morgan fingerprint density at radius 3 is 1.20 bits per heavy atom. The fourth-order valence-electron chi connectivity index (χ4n) is 3.30. The number of aliphatic imine (C=N–C) groups is 1. The van der Waals surface area contributed by atoms with Gasteiger partial charge in [0.1, 0.15) is 13.2 Å². The van der Waals surface area contributed by atoms with Gasteiger partial charge in [0.25, 0.3) is 11.9 Å². The molecule has 24 heteroatoms. The number of isocyanates is 1. The van der Waals surface area contributed by atoms with E-state index >= 15 is 0 Å². The molecule has 0 aromatic carbocycles. The van der Waals surface area contributed by atoms with Crippen LogP contribution in [-0.2, 0) is 83.7 Å². The predicted molar refractivity (Wildman–Crippen MR) is 238 cm³/mol. The van der Waals surface area contributed by atoms with E-state index in [9.17, 15) is 28.8 Å². The third kappa shape index (κ3) is 40.9. The Hall–Kier alpha value is -5.12. The third-order valence-electron chi connectivity index (χ3n) is 6.65. The summed E-state index contributed by atoms with van der Waals surface area (Å²) in [5.74, 6) is -3.52. The van der Waals surface area contributed by atoms with Crippen molar-refractivity contribution in [2.75, 3.05) is 96.4 Å². The highest BCUT2D eigenvalue weighted by atomic mass is 28.4. The van der Waals surface area contributed by atoms with E-state index < -0.39 is 59.5 Å². The first-order valence-electron chi connectivity index (χ1n) is 18.7. The molecule has 0 fully saturated rings. The number of hydrogen-bond acceptors (Lipinski definition) is 21. The lowest BCUT2D eigenvalue weighted by Crippen LogP contribution is -2.42. The average Bonchev–Trinajstić information content (AvgIpc) is 3.25. The molecule has 0 bridgehead atoms. The molecule has 0 atom stereocenters. The van der Waals surface area contributed by atoms with Crippen molar-refractivity contribution < 1.29 is 93.6 Å². The first-order valence-corrected chi connectivity index (χ1v) is 22.6. The molecule has 0 aliphatic carbocycles. The van der Waals surface area contributed by atoms with Gasteiger partial charge in [-0.2, -0.15) is 0 Å². The summed E-state index contributed by atoms with van der Waals surface area (Å²) < 4.78 is 63.7. The summed E-state index contributed by atoms with van der Waals surface area (Å²) in [7, 11) is 8.39. The Morgan fingerprint density at radius 2 is 0.906 bits per heavy atom. The summed E-state index contributed by atoms with van der Waals surface area (Å²) in [6, 6.07) is 1.59. The van der Waals surface area contributed by atoms with E-state index in [1.807, 2.05) is 0 Å². The molecule has 368 valence electrons. The monoisotopic (exact) mass is 954 g/mol. The highest BCUT2D eigenvalue weighted by Gasteiger charge is 2.37. The van der Waals surface area contributed by atoms with E-state index in [1.165, 1.54) is 26.9 Å². The van der Waals surface area contributed by atoms with Crippen LogP contribution in [0.25, 0.3) is 0 Å². The molecule has 0 rings (SSSR count). The van der Waals surface area contributed by atoms with Crippen molar-refractivity contribution >= 4 is 53.7 Å². The Morgan fingerprint density at radius 1 is 0.547 bits per heavy atom. The van der Waals surface area contributed by atoms with Crippen LogP contribution in [0.4, 0.5) is 4.79 Å². The molecule has 0 saturated carbocycles. The van der Waals surface area contributed by atoms with Gasteiger partial charge in [-0.3, -0.25) is 0 Å². The minimum absolute atomic E-state index is 0.0273. The first kappa shape index (κ1) is 68.0. The van der Waals surface area contributed by atoms with Gasteiger partial charge in [0, 0.05) is 104 Å². The van der Waals surface area contributed by atoms with Gasteiger partial charge >= 0.3 is 47.6 Å². The molecule has 0 radical (unpaired) electrons. The summed E-state index contributed by atoms with van der Waals surface area (Å²) in [5.41, 5.74) is 0.958. The molecule has 0 spiro atoms. The lowest BCUT2D eigenvalue weighted by Gasteiger charge is -2.23. The van der Waals surface area contributed by atoms with Crippen LogP contribution in [0.15, 0.2) is 78.6 Å². The van der Waals surface area contributed by atoms with Crippen molar-refractivity contribution in [1.82, 2.24) is 5.32 Å². The van der Waals surface area contributed by atoms with Crippen molar-refractivity contribution in [1.29, 1.82) is 0 Å². The zero-order chi connectivity index (χ0) is 50.7. The van der Waals surface area contributed by atoms with Gasteiger partial charge in [0.2, 0.25) is 6.08 Å². The van der Waals surface area contributed by atoms with Crippen molar-refractivity contribution in [2.45, 2.75) is 52.6 Å². The maximum atomic E-state index is 11.2. The zero-order valence-corrected chi connectivity index (χ0v) is 41.5. The lowest BCUT2D eigenvalue weighted by molar-refractivity contribution is -0.140. The molecule has 0 unspecified atom stereocenters. The van der Waals surface area contributed by atoms with Crippen molar-refractivity contribution in [2.24, 2.45) is 4.99 Å². The van der Waals surface area contributed by atoms with E-state index in [1.54, 1.807) is 63.8 Å². The number of alkyl carbamates (subject to hydrolysis) is 1. The molecule has 0 saturated heterocycles. The van der Waals surface area contributed by atoms with E-state index in [-0.39, 0.29) is 43.0 Å². The van der Waals surface area contributed by atoms with Gasteiger partial charge < -0.3 is 70.1 Å². The first-order chi connectivity index (χ1) is 29.9. The predicted octanol–water partition coefficient (Wildman–Crippen LogP) is 4.80. The number of rotatable bonds is 27. The molecule has 2 N–H and O–H groups in total. The number of carbonyl (C=O) groups excluding carboxylic acids is 6. The largest absolute Gasteiger partial charge is 0.500 e. The molecule has 1 amide bonds. The molecular formula is C40H70N2O20Si2. The summed E-state index contributed by atoms with van der Waals surface area (Å²) in [5, 5.41) is 10.6. The van der Waals surface area contributed by atoms with Crippen LogP contribution in [0.5, 0.6) is 0 Å². The van der Waals surface area contributed by atoms with E-state index in [0.717, 1.165) is 24.9 Å². The van der Waals surface area contributed by atoms with Gasteiger partial charge in [-0.25, -0.2) is 33.8 Å². The minimum atomic E-state index is -2.33. The second-order valence-corrected chi connectivity index (χ2v) is 18.2. The second-order valence-electron chi connectivity index (χ2n) is 12.0. The van der Waals surface area contributed by atoms with Crippen molar-refractivity contribution in [3.8, 4) is 0 Å². The summed E-state index contributed by atoms with van der Waals surface area (Å²) >= 11 is 0. The number of nitrogens with one attached hydrogen (secondary N) is 1. The number of hydrogen-bond donors (Lipinski definition) is 2. The zero-order valence-electron chi connectivity index (χ0n) is 39.5. The van der Waals surface area contributed by atoms with E-state index in [4.69, 9.17) is 45.9 Å². The van der Waals surface area contributed by atoms with Crippen molar-refractivity contribution in [3.63, 3.8) is 0 Å². The summed E-state index contributed by atoms with van der Waals surface area (Å²) in [6.45, 7) is 27.2. The van der Waals surface area contributed by atoms with Crippen LogP contribution in [0.2, 0.25) is 12.1 Å². The molecule has 64 heavy (non-hydrogen) atoms. The fourth-order valence-corrected chi connectivity index (χ4v) is 6.68. The van der Waals surface area contributed by atoms with Crippen LogP contribution in [0, 0.1) is 0 Å². The standard InChI is InChI=1S/C13H17NO6.C7H9NO3.2C7H18O4Si.C6H8O3/c1-8(2)11(15)18-7-6-14-13(17)20-10(5)19-12(16)9(3)4;1-6(2)7(10)11-4-3-8-5-9;2*1-8-6-5-7-12(9-2,10-3)11-4;1-4(2)6(8)9-5(3)7/h1,3,5-7H2,2,4H3,(H,14,17);1,3-4H2,2H3;2*5-7H2,1-4H3;7H,1,3H2,2H3. The summed E-state index contributed by atoms with van der Waals surface area (Å²) in [4.78, 5) is 67.1. The number of aliphatic hydroxyl groups is 1. The summed E-state index contributed by atoms with van der Waals surface area (Å²) in [6.07, 6.45) is 2.24. The van der Waals surface area contributed by atoms with Gasteiger partial charge in [0.15, 0.2) is 0 Å². The fraction of sp³-hybridized carbons (Fsp3) is 0.550. The molecule has 0 aliphatic rings. The molecule has 0 aromatic heterocycles. The lowest BCUT2D eigenvalue weighted by atomic mass is 10.4. The molecule has 0 aromatic rings. The normalized spacial score (nSPS) is 9.88. The van der Waals surface area contributed by atoms with Crippen LogP contribution in [-0.4, -0.2) is 155 Å². The minimum Gasteiger partial charge on any atom is -0.481 e. The van der Waals surface area contributed by atoms with Gasteiger partial charge in [-0.05, 0) is 53.7 Å². The SMILES string of the molecule is C=C(C)C(=O)OCCN=C=O.C=C(O)OC(=O)C(=C)C.C=C(OC(=O)NCCOC(=O)C(=C)C)OC(=O)C(=C)C.COCCC[Si](OC)(OC)OC.COCCC[Si](OC)(OC)OC. The smallest absolute Gasteiger partial charge is 0.481 e. The van der Waals surface area contributed by atoms with Crippen molar-refractivity contribution in [3.05, 3.63) is 73.7 Å². The molecule has 0 aliphatic heterocycles. The van der Waals surface area contributed by atoms with Crippen LogP contribution in [0.1, 0.15) is 40.5 Å².